The van der Waals surface area contributed by atoms with Crippen LogP contribution in [0.1, 0.15) is 12.0 Å². The molecule has 0 amide bonds. The van der Waals surface area contributed by atoms with Crippen LogP contribution in [-0.2, 0) is 11.3 Å². The standard InChI is InChI=1S/C17H17N3O2/c1-11-4-2-5-12(10-11)17-19-16-13(18)6-3-7-14(16)20(17)9-8-15(21)22/h2-7,10H,8-9,18H2,1H3,(H,21,22). The van der Waals surface area contributed by atoms with E-state index in [9.17, 15) is 4.79 Å². The fourth-order valence-corrected chi connectivity index (χ4v) is 2.61. The highest BCUT2D eigenvalue weighted by atomic mass is 16.4. The van der Waals surface area contributed by atoms with E-state index >= 15 is 0 Å². The third-order valence-electron chi connectivity index (χ3n) is 3.64. The molecule has 0 saturated heterocycles. The molecule has 5 nitrogen and oxygen atoms in total. The smallest absolute Gasteiger partial charge is 0.305 e. The van der Waals surface area contributed by atoms with Crippen LogP contribution in [0.4, 0.5) is 5.69 Å². The van der Waals surface area contributed by atoms with Crippen LogP contribution in [0, 0.1) is 6.92 Å². The molecule has 0 bridgehead atoms. The van der Waals surface area contributed by atoms with Gasteiger partial charge in [0.05, 0.1) is 17.6 Å². The van der Waals surface area contributed by atoms with E-state index in [1.807, 2.05) is 47.9 Å². The Morgan fingerprint density at radius 3 is 2.77 bits per heavy atom. The van der Waals surface area contributed by atoms with Gasteiger partial charge in [0.1, 0.15) is 11.3 Å². The number of carbonyl (C=O) groups is 1. The van der Waals surface area contributed by atoms with Crippen molar-refractivity contribution in [2.45, 2.75) is 19.9 Å². The summed E-state index contributed by atoms with van der Waals surface area (Å²) in [4.78, 5) is 15.6. The zero-order valence-electron chi connectivity index (χ0n) is 12.3. The molecule has 0 unspecified atom stereocenters. The number of nitrogen functional groups attached to an aromatic ring is 1. The van der Waals surface area contributed by atoms with Gasteiger partial charge in [0.25, 0.3) is 0 Å². The van der Waals surface area contributed by atoms with Gasteiger partial charge in [-0.25, -0.2) is 4.98 Å². The van der Waals surface area contributed by atoms with Crippen molar-refractivity contribution >= 4 is 22.7 Å². The van der Waals surface area contributed by atoms with Crippen LogP contribution < -0.4 is 5.73 Å². The molecule has 0 fully saturated rings. The summed E-state index contributed by atoms with van der Waals surface area (Å²) in [5, 5.41) is 8.99. The SMILES string of the molecule is Cc1cccc(-c2nc3c(N)cccc3n2CCC(=O)O)c1. The Morgan fingerprint density at radius 1 is 1.27 bits per heavy atom. The number of carboxylic acids is 1. The predicted octanol–water partition coefficient (Wildman–Crippen LogP) is 3.07. The number of para-hydroxylation sites is 1. The zero-order chi connectivity index (χ0) is 15.7. The minimum absolute atomic E-state index is 0.0407. The molecular formula is C17H17N3O2. The molecule has 0 atom stereocenters. The molecule has 0 spiro atoms. The summed E-state index contributed by atoms with van der Waals surface area (Å²) < 4.78 is 1.93. The van der Waals surface area contributed by atoms with Crippen LogP contribution in [-0.4, -0.2) is 20.6 Å². The lowest BCUT2D eigenvalue weighted by atomic mass is 10.1. The number of aromatic nitrogens is 2. The fraction of sp³-hybridized carbons (Fsp3) is 0.176. The van der Waals surface area contributed by atoms with Crippen molar-refractivity contribution in [2.75, 3.05) is 5.73 Å². The van der Waals surface area contributed by atoms with Crippen LogP contribution in [0.15, 0.2) is 42.5 Å². The minimum atomic E-state index is -0.832. The van der Waals surface area contributed by atoms with Crippen LogP contribution in [0.2, 0.25) is 0 Å². The van der Waals surface area contributed by atoms with Gasteiger partial charge in [-0.3, -0.25) is 4.79 Å². The van der Waals surface area contributed by atoms with Crippen LogP contribution >= 0.6 is 0 Å². The highest BCUT2D eigenvalue weighted by molar-refractivity contribution is 5.90. The van der Waals surface area contributed by atoms with E-state index in [0.29, 0.717) is 17.7 Å². The van der Waals surface area contributed by atoms with Crippen LogP contribution in [0.5, 0.6) is 0 Å². The van der Waals surface area contributed by atoms with Crippen LogP contribution in [0.3, 0.4) is 0 Å². The third-order valence-corrected chi connectivity index (χ3v) is 3.64. The quantitative estimate of drug-likeness (QED) is 0.725. The van der Waals surface area contributed by atoms with Crippen LogP contribution in [0.25, 0.3) is 22.4 Å². The Hall–Kier alpha value is -2.82. The van der Waals surface area contributed by atoms with E-state index in [0.717, 1.165) is 22.5 Å². The number of fused-ring (bicyclic) bond motifs is 1. The van der Waals surface area contributed by atoms with E-state index < -0.39 is 5.97 Å². The van der Waals surface area contributed by atoms with Crippen molar-refractivity contribution in [3.63, 3.8) is 0 Å². The highest BCUT2D eigenvalue weighted by Gasteiger charge is 2.15. The van der Waals surface area contributed by atoms with Gasteiger partial charge in [-0.05, 0) is 25.1 Å². The van der Waals surface area contributed by atoms with Crippen molar-refractivity contribution < 1.29 is 9.90 Å². The zero-order valence-corrected chi connectivity index (χ0v) is 12.3. The summed E-state index contributed by atoms with van der Waals surface area (Å²) in [6.07, 6.45) is 0.0407. The lowest BCUT2D eigenvalue weighted by molar-refractivity contribution is -0.137. The first-order chi connectivity index (χ1) is 10.6. The topological polar surface area (TPSA) is 81.1 Å². The van der Waals surface area contributed by atoms with Crippen molar-refractivity contribution in [3.05, 3.63) is 48.0 Å². The number of aryl methyl sites for hydroxylation is 2. The second-order valence-electron chi connectivity index (χ2n) is 5.32. The lowest BCUT2D eigenvalue weighted by Crippen LogP contribution is -2.06. The summed E-state index contributed by atoms with van der Waals surface area (Å²) in [7, 11) is 0. The number of imidazole rings is 1. The number of nitrogens with zero attached hydrogens (tertiary/aromatic N) is 2. The molecule has 0 aliphatic heterocycles. The highest BCUT2D eigenvalue weighted by Crippen LogP contribution is 2.28. The summed E-state index contributed by atoms with van der Waals surface area (Å²) in [6.45, 7) is 2.38. The van der Waals surface area contributed by atoms with Gasteiger partial charge in [0.15, 0.2) is 0 Å². The van der Waals surface area contributed by atoms with E-state index in [1.54, 1.807) is 6.07 Å². The van der Waals surface area contributed by atoms with E-state index in [2.05, 4.69) is 4.98 Å². The minimum Gasteiger partial charge on any atom is -0.481 e. The maximum absolute atomic E-state index is 10.9. The van der Waals surface area contributed by atoms with Gasteiger partial charge in [0.2, 0.25) is 0 Å². The third kappa shape index (κ3) is 2.53. The summed E-state index contributed by atoms with van der Waals surface area (Å²) >= 11 is 0. The average Bonchev–Trinajstić information content (AvgIpc) is 2.85. The number of nitrogens with two attached hydrogens (primary N) is 1. The molecule has 3 rings (SSSR count). The first kappa shape index (κ1) is 14.1. The molecule has 0 aliphatic rings. The Bertz CT molecular complexity index is 852. The molecule has 0 aliphatic carbocycles. The molecule has 5 heteroatoms. The largest absolute Gasteiger partial charge is 0.481 e. The maximum Gasteiger partial charge on any atom is 0.305 e. The normalized spacial score (nSPS) is 11.0. The molecule has 3 N–H and O–H groups in total. The summed E-state index contributed by atoms with van der Waals surface area (Å²) in [5.74, 6) is -0.0844. The van der Waals surface area contributed by atoms with E-state index in [4.69, 9.17) is 10.8 Å². The second kappa shape index (κ2) is 5.52. The predicted molar refractivity (Wildman–Crippen MR) is 86.6 cm³/mol. The van der Waals surface area contributed by atoms with E-state index in [1.165, 1.54) is 0 Å². The molecule has 0 radical (unpaired) electrons. The Balaban J connectivity index is 2.21. The maximum atomic E-state index is 10.9. The fourth-order valence-electron chi connectivity index (χ4n) is 2.61. The molecule has 22 heavy (non-hydrogen) atoms. The summed E-state index contributed by atoms with van der Waals surface area (Å²) in [6, 6.07) is 13.6. The van der Waals surface area contributed by atoms with Crippen molar-refractivity contribution in [3.8, 4) is 11.4 Å². The van der Waals surface area contributed by atoms with Gasteiger partial charge < -0.3 is 15.4 Å². The molecule has 0 saturated carbocycles. The Kier molecular flexibility index (Phi) is 3.55. The molecule has 1 heterocycles. The summed E-state index contributed by atoms with van der Waals surface area (Å²) in [5.41, 5.74) is 10.3. The van der Waals surface area contributed by atoms with Gasteiger partial charge in [-0.15, -0.1) is 0 Å². The number of hydrogen-bond donors (Lipinski definition) is 2. The van der Waals surface area contributed by atoms with Crippen molar-refractivity contribution in [1.29, 1.82) is 0 Å². The molecule has 3 aromatic rings. The second-order valence-corrected chi connectivity index (χ2v) is 5.32. The molecule has 1 aromatic heterocycles. The van der Waals surface area contributed by atoms with Gasteiger partial charge in [-0.2, -0.15) is 0 Å². The van der Waals surface area contributed by atoms with Crippen molar-refractivity contribution in [2.24, 2.45) is 0 Å². The molecule has 2 aromatic carbocycles. The number of anilines is 1. The lowest BCUT2D eigenvalue weighted by Gasteiger charge is -2.08. The number of hydrogen-bond acceptors (Lipinski definition) is 3. The van der Waals surface area contributed by atoms with Crippen molar-refractivity contribution in [1.82, 2.24) is 9.55 Å². The molecule has 112 valence electrons. The number of carboxylic acid groups (broad SMARTS) is 1. The monoisotopic (exact) mass is 295 g/mol. The van der Waals surface area contributed by atoms with Gasteiger partial charge in [0, 0.05) is 12.1 Å². The first-order valence-corrected chi connectivity index (χ1v) is 7.10. The number of aliphatic carboxylic acids is 1. The Morgan fingerprint density at radius 2 is 2.05 bits per heavy atom. The number of rotatable bonds is 4. The first-order valence-electron chi connectivity index (χ1n) is 7.10. The van der Waals surface area contributed by atoms with E-state index in [-0.39, 0.29) is 6.42 Å². The molecular weight excluding hydrogens is 278 g/mol. The Labute approximate surface area is 128 Å². The number of benzene rings is 2. The van der Waals surface area contributed by atoms with Gasteiger partial charge >= 0.3 is 5.97 Å². The van der Waals surface area contributed by atoms with Gasteiger partial charge in [-0.1, -0.05) is 29.8 Å². The average molecular weight is 295 g/mol.